The molecule has 3 nitrogen and oxygen atoms in total. The number of rotatable bonds is 3. The summed E-state index contributed by atoms with van der Waals surface area (Å²) in [6, 6.07) is 2.14. The minimum Gasteiger partial charge on any atom is -0.257 e. The van der Waals surface area contributed by atoms with Crippen molar-refractivity contribution in [3.8, 4) is 6.07 Å². The molecule has 1 aromatic heterocycles. The summed E-state index contributed by atoms with van der Waals surface area (Å²) in [6.07, 6.45) is 0.568. The van der Waals surface area contributed by atoms with Crippen molar-refractivity contribution in [1.29, 1.82) is 5.26 Å². The van der Waals surface area contributed by atoms with Crippen molar-refractivity contribution in [1.82, 2.24) is 9.78 Å². The summed E-state index contributed by atoms with van der Waals surface area (Å²) in [5, 5.41) is 13.5. The lowest BCUT2D eigenvalue weighted by Crippen LogP contribution is -2.04. The molecule has 0 N–H and O–H groups in total. The molecule has 0 aliphatic heterocycles. The molecule has 0 bridgehead atoms. The monoisotopic (exact) mass is 231 g/mol. The Morgan fingerprint density at radius 3 is 2.64 bits per heavy atom. The van der Waals surface area contributed by atoms with E-state index >= 15 is 0 Å². The summed E-state index contributed by atoms with van der Waals surface area (Å²) in [6.45, 7) is 1.88. The van der Waals surface area contributed by atoms with Crippen molar-refractivity contribution in [3.05, 3.63) is 16.4 Å². The number of aromatic nitrogens is 2. The molecule has 0 radical (unpaired) electrons. The second kappa shape index (κ2) is 4.68. The van der Waals surface area contributed by atoms with E-state index in [4.69, 9.17) is 28.5 Å². The second-order valence-corrected chi connectivity index (χ2v) is 3.83. The highest BCUT2D eigenvalue weighted by Gasteiger charge is 2.15. The lowest BCUT2D eigenvalue weighted by molar-refractivity contribution is 0.740. The minimum atomic E-state index is -0.197. The van der Waals surface area contributed by atoms with Crippen LogP contribution in [-0.4, -0.2) is 15.7 Å². The first kappa shape index (κ1) is 11.4. The Bertz CT molecular complexity index is 365. The minimum absolute atomic E-state index is 0.197. The first-order chi connectivity index (χ1) is 6.60. The van der Waals surface area contributed by atoms with Crippen molar-refractivity contribution in [2.75, 3.05) is 5.88 Å². The van der Waals surface area contributed by atoms with Crippen LogP contribution >= 0.6 is 23.2 Å². The third kappa shape index (κ3) is 2.20. The fourth-order valence-corrected chi connectivity index (χ4v) is 1.72. The Morgan fingerprint density at radius 2 is 2.29 bits per heavy atom. The maximum absolute atomic E-state index is 8.77. The highest BCUT2D eigenvalue weighted by molar-refractivity contribution is 6.30. The summed E-state index contributed by atoms with van der Waals surface area (Å²) in [5.74, 6) is 0.123. The van der Waals surface area contributed by atoms with Crippen molar-refractivity contribution < 1.29 is 0 Å². The Kier molecular flexibility index (Phi) is 3.79. The van der Waals surface area contributed by atoms with Crippen molar-refractivity contribution >= 4 is 23.2 Å². The maximum atomic E-state index is 8.77. The fraction of sp³-hybridized carbons (Fsp3) is 0.556. The molecule has 5 heteroatoms. The van der Waals surface area contributed by atoms with E-state index in [2.05, 4.69) is 11.2 Å². The molecule has 76 valence electrons. The molecule has 1 heterocycles. The third-order valence-corrected chi connectivity index (χ3v) is 2.93. The molecular weight excluding hydrogens is 221 g/mol. The molecule has 0 aliphatic rings. The summed E-state index contributed by atoms with van der Waals surface area (Å²) < 4.78 is 1.61. The Balaban J connectivity index is 2.91. The predicted octanol–water partition coefficient (Wildman–Crippen LogP) is 2.30. The largest absolute Gasteiger partial charge is 0.257 e. The average molecular weight is 232 g/mol. The van der Waals surface area contributed by atoms with Crippen molar-refractivity contribution in [2.45, 2.75) is 13.3 Å². The van der Waals surface area contributed by atoms with Crippen LogP contribution in [0.1, 0.15) is 11.3 Å². The number of hydrogen-bond acceptors (Lipinski definition) is 2. The van der Waals surface area contributed by atoms with Crippen LogP contribution in [0.2, 0.25) is 5.15 Å². The zero-order chi connectivity index (χ0) is 10.7. The predicted molar refractivity (Wildman–Crippen MR) is 56.5 cm³/mol. The SMILES string of the molecule is Cc1nn(C)c(Cl)c1CC(C#N)CCl. The van der Waals surface area contributed by atoms with Crippen molar-refractivity contribution in [2.24, 2.45) is 13.0 Å². The summed E-state index contributed by atoms with van der Waals surface area (Å²) in [7, 11) is 1.78. The number of nitrogens with zero attached hydrogens (tertiary/aromatic N) is 3. The van der Waals surface area contributed by atoms with Gasteiger partial charge >= 0.3 is 0 Å². The number of hydrogen-bond donors (Lipinski definition) is 0. The van der Waals surface area contributed by atoms with Crippen LogP contribution in [0.5, 0.6) is 0 Å². The van der Waals surface area contributed by atoms with Gasteiger partial charge in [0.05, 0.1) is 17.7 Å². The molecule has 1 rings (SSSR count). The van der Waals surface area contributed by atoms with Gasteiger partial charge in [-0.3, -0.25) is 4.68 Å². The first-order valence-electron chi connectivity index (χ1n) is 4.23. The van der Waals surface area contributed by atoms with Gasteiger partial charge in [-0.2, -0.15) is 10.4 Å². The highest BCUT2D eigenvalue weighted by Crippen LogP contribution is 2.22. The van der Waals surface area contributed by atoms with Gasteiger partial charge in [-0.05, 0) is 13.3 Å². The van der Waals surface area contributed by atoms with Crippen LogP contribution in [0.25, 0.3) is 0 Å². The molecule has 1 unspecified atom stereocenters. The molecule has 0 fully saturated rings. The quantitative estimate of drug-likeness (QED) is 0.750. The van der Waals surface area contributed by atoms with E-state index in [1.54, 1.807) is 11.7 Å². The average Bonchev–Trinajstić information content (AvgIpc) is 2.40. The molecule has 0 spiro atoms. The zero-order valence-electron chi connectivity index (χ0n) is 8.09. The van der Waals surface area contributed by atoms with Crippen LogP contribution in [0, 0.1) is 24.2 Å². The normalized spacial score (nSPS) is 12.5. The van der Waals surface area contributed by atoms with E-state index in [1.165, 1.54) is 0 Å². The van der Waals surface area contributed by atoms with Gasteiger partial charge in [-0.1, -0.05) is 11.6 Å². The smallest absolute Gasteiger partial charge is 0.130 e. The first-order valence-corrected chi connectivity index (χ1v) is 5.15. The van der Waals surface area contributed by atoms with Gasteiger partial charge in [0, 0.05) is 18.5 Å². The third-order valence-electron chi connectivity index (χ3n) is 2.09. The topological polar surface area (TPSA) is 41.6 Å². The van der Waals surface area contributed by atoms with Crippen LogP contribution < -0.4 is 0 Å². The second-order valence-electron chi connectivity index (χ2n) is 3.16. The molecule has 0 aliphatic carbocycles. The van der Waals surface area contributed by atoms with E-state index in [0.29, 0.717) is 17.5 Å². The fourth-order valence-electron chi connectivity index (χ4n) is 1.29. The van der Waals surface area contributed by atoms with E-state index in [9.17, 15) is 0 Å². The van der Waals surface area contributed by atoms with Gasteiger partial charge in [0.15, 0.2) is 0 Å². The van der Waals surface area contributed by atoms with E-state index in [1.807, 2.05) is 6.92 Å². The zero-order valence-corrected chi connectivity index (χ0v) is 9.60. The van der Waals surface area contributed by atoms with Gasteiger partial charge < -0.3 is 0 Å². The van der Waals surface area contributed by atoms with Crippen LogP contribution in [0.4, 0.5) is 0 Å². The van der Waals surface area contributed by atoms with E-state index in [-0.39, 0.29) is 5.92 Å². The Labute approximate surface area is 93.2 Å². The molecule has 14 heavy (non-hydrogen) atoms. The summed E-state index contributed by atoms with van der Waals surface area (Å²) in [5.41, 5.74) is 1.78. The molecule has 1 atom stereocenters. The van der Waals surface area contributed by atoms with Gasteiger partial charge in [0.1, 0.15) is 5.15 Å². The van der Waals surface area contributed by atoms with E-state index < -0.39 is 0 Å². The van der Waals surface area contributed by atoms with E-state index in [0.717, 1.165) is 11.3 Å². The summed E-state index contributed by atoms with van der Waals surface area (Å²) in [4.78, 5) is 0. The maximum Gasteiger partial charge on any atom is 0.130 e. The molecule has 1 aromatic rings. The van der Waals surface area contributed by atoms with Crippen LogP contribution in [0.15, 0.2) is 0 Å². The highest BCUT2D eigenvalue weighted by atomic mass is 35.5. The number of nitriles is 1. The van der Waals surface area contributed by atoms with Gasteiger partial charge in [0.2, 0.25) is 0 Å². The van der Waals surface area contributed by atoms with Gasteiger partial charge in [-0.15, -0.1) is 11.6 Å². The standard InChI is InChI=1S/C9H11Cl2N3/c1-6-8(3-7(4-10)5-12)9(11)14(2)13-6/h7H,3-4H2,1-2H3. The van der Waals surface area contributed by atoms with Crippen molar-refractivity contribution in [3.63, 3.8) is 0 Å². The van der Waals surface area contributed by atoms with Crippen LogP contribution in [-0.2, 0) is 13.5 Å². The van der Waals surface area contributed by atoms with Gasteiger partial charge in [0.25, 0.3) is 0 Å². The Morgan fingerprint density at radius 1 is 1.64 bits per heavy atom. The molecule has 0 saturated carbocycles. The lowest BCUT2D eigenvalue weighted by Gasteiger charge is -2.03. The molecule has 0 saturated heterocycles. The Hall–Kier alpha value is -0.720. The number of aryl methyl sites for hydroxylation is 2. The lowest BCUT2D eigenvalue weighted by atomic mass is 10.0. The summed E-state index contributed by atoms with van der Waals surface area (Å²) >= 11 is 11.7. The van der Waals surface area contributed by atoms with Gasteiger partial charge in [-0.25, -0.2) is 0 Å². The van der Waals surface area contributed by atoms with Crippen LogP contribution in [0.3, 0.4) is 0 Å². The number of alkyl halides is 1. The molecule has 0 amide bonds. The number of halogens is 2. The molecule has 0 aromatic carbocycles. The molecular formula is C9H11Cl2N3.